The molecule has 9 nitrogen and oxygen atoms in total. The Balaban J connectivity index is 4.82. The number of hydrogen-bond acceptors (Lipinski definition) is 5. The molecule has 0 bridgehead atoms. The van der Waals surface area contributed by atoms with Crippen LogP contribution in [0.4, 0.5) is 0 Å². The number of hydrogen-bond donors (Lipinski definition) is 5. The molecule has 0 radical (unpaired) electrons. The second-order valence-electron chi connectivity index (χ2n) is 4.64. The molecule has 10 heteroatoms. The lowest BCUT2D eigenvalue weighted by Crippen LogP contribution is -2.52. The van der Waals surface area contributed by atoms with E-state index in [2.05, 4.69) is 10.6 Å². The summed E-state index contributed by atoms with van der Waals surface area (Å²) < 4.78 is 11.1. The van der Waals surface area contributed by atoms with Crippen LogP contribution in [0.25, 0.3) is 0 Å². The summed E-state index contributed by atoms with van der Waals surface area (Å²) in [6, 6.07) is -1.73. The minimum Gasteiger partial charge on any atom is -0.481 e. The second-order valence-corrected chi connectivity index (χ2v) is 6.01. The van der Waals surface area contributed by atoms with Crippen LogP contribution in [0.5, 0.6) is 0 Å². The Morgan fingerprint density at radius 1 is 1.24 bits per heavy atom. The minimum absolute atomic E-state index is 0.302. The largest absolute Gasteiger partial charge is 0.481 e. The highest BCUT2D eigenvalue weighted by Gasteiger charge is 2.26. The van der Waals surface area contributed by atoms with Crippen molar-refractivity contribution in [2.24, 2.45) is 5.73 Å². The third-order valence-electron chi connectivity index (χ3n) is 2.62. The lowest BCUT2D eigenvalue weighted by Gasteiger charge is -2.21. The Morgan fingerprint density at radius 3 is 2.19 bits per heavy atom. The van der Waals surface area contributed by atoms with E-state index >= 15 is 0 Å². The van der Waals surface area contributed by atoms with Crippen LogP contribution in [0.3, 0.4) is 0 Å². The average molecular weight is 323 g/mol. The fourth-order valence-corrected chi connectivity index (χ4v) is 2.12. The third-order valence-corrected chi connectivity index (χ3v) is 3.56. The van der Waals surface area contributed by atoms with Crippen molar-refractivity contribution in [1.82, 2.24) is 10.6 Å². The number of amides is 2. The van der Waals surface area contributed by atoms with Crippen molar-refractivity contribution in [3.05, 3.63) is 0 Å². The zero-order valence-corrected chi connectivity index (χ0v) is 13.0. The van der Waals surface area contributed by atoms with Gasteiger partial charge in [-0.25, -0.2) is 0 Å². The van der Waals surface area contributed by atoms with Crippen LogP contribution in [-0.2, 0) is 18.9 Å². The molecule has 0 saturated heterocycles. The first-order valence-corrected chi connectivity index (χ1v) is 7.93. The van der Waals surface area contributed by atoms with Gasteiger partial charge in [0.1, 0.15) is 11.8 Å². The second kappa shape index (κ2) is 9.49. The molecule has 0 rings (SSSR count). The highest BCUT2D eigenvalue weighted by Crippen LogP contribution is 2.23. The number of carbonyl (C=O) groups excluding carboxylic acids is 2. The molecular formula is C11H22N3O6P. The first-order chi connectivity index (χ1) is 9.68. The highest BCUT2D eigenvalue weighted by atomic mass is 31.1. The van der Waals surface area contributed by atoms with E-state index in [0.29, 0.717) is 12.8 Å². The molecule has 4 atom stereocenters. The number of aliphatic carboxylic acids is 1. The van der Waals surface area contributed by atoms with Gasteiger partial charge >= 0.3 is 5.97 Å². The predicted octanol–water partition coefficient (Wildman–Crippen LogP) is -0.997. The first kappa shape index (κ1) is 19.6. The quantitative estimate of drug-likeness (QED) is 0.340. The van der Waals surface area contributed by atoms with Gasteiger partial charge < -0.3 is 26.4 Å². The highest BCUT2D eigenvalue weighted by molar-refractivity contribution is 7.38. The smallest absolute Gasteiger partial charge is 0.306 e. The van der Waals surface area contributed by atoms with Crippen molar-refractivity contribution in [1.29, 1.82) is 0 Å². The fourth-order valence-electron chi connectivity index (χ4n) is 1.51. The number of carbonyl (C=O) groups is 3. The molecule has 0 saturated carbocycles. The molecule has 0 aliphatic heterocycles. The molecule has 0 aromatic carbocycles. The van der Waals surface area contributed by atoms with E-state index in [9.17, 15) is 18.9 Å². The lowest BCUT2D eigenvalue weighted by atomic mass is 10.1. The Kier molecular flexibility index (Phi) is 8.84. The molecule has 0 spiro atoms. The summed E-state index contributed by atoms with van der Waals surface area (Å²) in [6.45, 7) is 3.25. The summed E-state index contributed by atoms with van der Waals surface area (Å²) in [4.78, 5) is 43.1. The van der Waals surface area contributed by atoms with E-state index in [1.54, 1.807) is 6.92 Å². The number of carboxylic acids is 1. The number of nitrogens with two attached hydrogens (primary N) is 1. The van der Waals surface area contributed by atoms with E-state index in [4.69, 9.17) is 15.7 Å². The van der Waals surface area contributed by atoms with Crippen molar-refractivity contribution in [3.8, 4) is 0 Å². The Bertz CT molecular complexity index is 415. The maximum Gasteiger partial charge on any atom is 0.306 e. The summed E-state index contributed by atoms with van der Waals surface area (Å²) in [6.07, 6.45) is 0.214. The summed E-state index contributed by atoms with van der Waals surface area (Å²) >= 11 is 0. The predicted molar refractivity (Wildman–Crippen MR) is 75.9 cm³/mol. The average Bonchev–Trinajstić information content (AvgIpc) is 2.36. The van der Waals surface area contributed by atoms with Gasteiger partial charge in [0.05, 0.1) is 12.5 Å². The summed E-state index contributed by atoms with van der Waals surface area (Å²) in [5.41, 5.74) is 5.39. The SMILES string of the molecule is CCC[C@H](NC(=O)[C@H](C)N)C(=O)NC(CC(=O)O)[PH](=O)O. The Labute approximate surface area is 123 Å². The molecule has 0 heterocycles. The monoisotopic (exact) mass is 323 g/mol. The molecule has 21 heavy (non-hydrogen) atoms. The van der Waals surface area contributed by atoms with E-state index in [-0.39, 0.29) is 0 Å². The maximum atomic E-state index is 12.0. The van der Waals surface area contributed by atoms with E-state index in [1.807, 2.05) is 0 Å². The Morgan fingerprint density at radius 2 is 1.81 bits per heavy atom. The van der Waals surface area contributed by atoms with Crippen molar-refractivity contribution in [2.45, 2.75) is 51.0 Å². The van der Waals surface area contributed by atoms with Crippen molar-refractivity contribution >= 4 is 25.8 Å². The molecule has 0 aliphatic rings. The summed E-state index contributed by atoms with van der Waals surface area (Å²) in [5, 5.41) is 13.2. The van der Waals surface area contributed by atoms with Crippen LogP contribution in [0.2, 0.25) is 0 Å². The summed E-state index contributed by atoms with van der Waals surface area (Å²) in [7, 11) is -3.26. The number of rotatable bonds is 9. The van der Waals surface area contributed by atoms with E-state index in [1.165, 1.54) is 6.92 Å². The molecule has 0 aromatic rings. The lowest BCUT2D eigenvalue weighted by molar-refractivity contribution is -0.137. The molecule has 2 unspecified atom stereocenters. The van der Waals surface area contributed by atoms with Crippen molar-refractivity contribution in [3.63, 3.8) is 0 Å². The van der Waals surface area contributed by atoms with Crippen LogP contribution in [0, 0.1) is 0 Å². The number of nitrogens with one attached hydrogen (secondary N) is 2. The number of carboxylic acid groups (broad SMARTS) is 1. The van der Waals surface area contributed by atoms with Gasteiger partial charge in [0, 0.05) is 0 Å². The van der Waals surface area contributed by atoms with Crippen molar-refractivity contribution in [2.75, 3.05) is 0 Å². The third kappa shape index (κ3) is 7.79. The zero-order chi connectivity index (χ0) is 16.6. The van der Waals surface area contributed by atoms with Gasteiger partial charge in [0.25, 0.3) is 0 Å². The van der Waals surface area contributed by atoms with Crippen LogP contribution in [0.15, 0.2) is 0 Å². The van der Waals surface area contributed by atoms with Gasteiger partial charge in [-0.05, 0) is 13.3 Å². The van der Waals surface area contributed by atoms with Crippen LogP contribution in [-0.4, -0.2) is 45.7 Å². The molecule has 122 valence electrons. The molecule has 2 amide bonds. The van der Waals surface area contributed by atoms with Gasteiger partial charge in [-0.1, -0.05) is 13.3 Å². The van der Waals surface area contributed by atoms with E-state index < -0.39 is 50.1 Å². The maximum absolute atomic E-state index is 12.0. The standard InChI is InChI=1S/C11H22N3O6P/c1-3-4-7(13-10(17)6(2)12)11(18)14-8(21(19)20)5-9(15)16/h6-8,21H,3-5,12H2,1-2H3,(H,13,17)(H,14,18)(H,15,16)(H,19,20)/t6-,7-,8?/m0/s1. The molecule has 0 aliphatic carbocycles. The Hall–Kier alpha value is -1.44. The first-order valence-electron chi connectivity index (χ1n) is 6.49. The fraction of sp³-hybridized carbons (Fsp3) is 0.727. The topological polar surface area (TPSA) is 159 Å². The zero-order valence-electron chi connectivity index (χ0n) is 12.0. The van der Waals surface area contributed by atoms with Crippen LogP contribution >= 0.6 is 8.03 Å². The van der Waals surface area contributed by atoms with Gasteiger partial charge in [-0.15, -0.1) is 0 Å². The minimum atomic E-state index is -3.26. The van der Waals surface area contributed by atoms with Crippen LogP contribution in [0.1, 0.15) is 33.1 Å². The molecular weight excluding hydrogens is 301 g/mol. The van der Waals surface area contributed by atoms with Crippen molar-refractivity contribution < 1.29 is 28.9 Å². The normalized spacial score (nSPS) is 16.4. The molecule has 6 N–H and O–H groups in total. The van der Waals surface area contributed by atoms with Crippen LogP contribution < -0.4 is 16.4 Å². The summed E-state index contributed by atoms with van der Waals surface area (Å²) in [5.74, 6) is -3.91. The van der Waals surface area contributed by atoms with Gasteiger partial charge in [-0.2, -0.15) is 0 Å². The molecule has 0 fully saturated rings. The van der Waals surface area contributed by atoms with Gasteiger partial charge in [0.2, 0.25) is 19.8 Å². The van der Waals surface area contributed by atoms with E-state index in [0.717, 1.165) is 0 Å². The van der Waals surface area contributed by atoms with Gasteiger partial charge in [0.15, 0.2) is 0 Å². The van der Waals surface area contributed by atoms with Gasteiger partial charge in [-0.3, -0.25) is 18.9 Å². The molecule has 0 aromatic heterocycles.